The average molecular weight is 239 g/mol. The fourth-order valence-corrected chi connectivity index (χ4v) is 1.26. The summed E-state index contributed by atoms with van der Waals surface area (Å²) in [4.78, 5) is 3.98. The maximum atomic E-state index is 5.58. The summed E-state index contributed by atoms with van der Waals surface area (Å²) in [5.74, 6) is 0.476. The molecule has 2 aromatic rings. The third-order valence-corrected chi connectivity index (χ3v) is 2.22. The second kappa shape index (κ2) is 3.18. The topological polar surface area (TPSA) is 56.7 Å². The summed E-state index contributed by atoms with van der Waals surface area (Å²) < 4.78 is 2.46. The maximum Gasteiger partial charge on any atom is 0.160 e. The second-order valence-corrected chi connectivity index (χ2v) is 3.37. The van der Waals surface area contributed by atoms with Crippen LogP contribution >= 0.6 is 15.9 Å². The first-order valence-corrected chi connectivity index (χ1v) is 4.48. The first-order chi connectivity index (χ1) is 6.27. The van der Waals surface area contributed by atoms with Crippen molar-refractivity contribution < 1.29 is 0 Å². The minimum absolute atomic E-state index is 0.476. The summed E-state index contributed by atoms with van der Waals surface area (Å²) in [5.41, 5.74) is 6.47. The quantitative estimate of drug-likeness (QED) is 0.822. The number of halogens is 1. The molecule has 0 aromatic carbocycles. The lowest BCUT2D eigenvalue weighted by molar-refractivity contribution is 0.879. The highest BCUT2D eigenvalue weighted by Crippen LogP contribution is 2.18. The lowest BCUT2D eigenvalue weighted by Crippen LogP contribution is -1.96. The lowest BCUT2D eigenvalue weighted by Gasteiger charge is -1.97. The first kappa shape index (κ1) is 8.25. The molecule has 66 valence electrons. The predicted molar refractivity (Wildman–Crippen MR) is 53.5 cm³/mol. The molecule has 2 heterocycles. The van der Waals surface area contributed by atoms with Crippen molar-refractivity contribution in [1.29, 1.82) is 0 Å². The molecule has 0 aliphatic rings. The molecule has 0 bridgehead atoms. The van der Waals surface area contributed by atoms with Crippen LogP contribution in [0.25, 0.3) is 5.69 Å². The minimum atomic E-state index is 0.476. The summed E-state index contributed by atoms with van der Waals surface area (Å²) in [6.45, 7) is 0. The van der Waals surface area contributed by atoms with E-state index in [9.17, 15) is 0 Å². The smallest absolute Gasteiger partial charge is 0.160 e. The van der Waals surface area contributed by atoms with Crippen LogP contribution in [0.15, 0.2) is 35.2 Å². The van der Waals surface area contributed by atoms with Crippen molar-refractivity contribution in [2.75, 3.05) is 5.73 Å². The van der Waals surface area contributed by atoms with Crippen molar-refractivity contribution in [2.45, 2.75) is 0 Å². The fraction of sp³-hybridized carbons (Fsp3) is 0. The van der Waals surface area contributed by atoms with Crippen LogP contribution in [0.2, 0.25) is 0 Å². The number of pyridine rings is 1. The summed E-state index contributed by atoms with van der Waals surface area (Å²) in [5, 5.41) is 4.09. The number of hydrogen-bond acceptors (Lipinski definition) is 3. The van der Waals surface area contributed by atoms with Crippen molar-refractivity contribution in [2.24, 2.45) is 0 Å². The Labute approximate surface area is 83.5 Å². The Kier molecular flexibility index (Phi) is 2.02. The van der Waals surface area contributed by atoms with Gasteiger partial charge >= 0.3 is 0 Å². The molecule has 2 rings (SSSR count). The molecular formula is C8H7BrN4. The zero-order chi connectivity index (χ0) is 9.26. The highest BCUT2D eigenvalue weighted by Gasteiger charge is 2.02. The Bertz CT molecular complexity index is 390. The number of nitrogens with zero attached hydrogens (tertiary/aromatic N) is 3. The number of rotatable bonds is 1. The SMILES string of the molecule is Nc1nn(-c2cccnc2)cc1Br. The molecule has 0 spiro atoms. The van der Waals surface area contributed by atoms with Gasteiger partial charge < -0.3 is 5.73 Å². The zero-order valence-electron chi connectivity index (χ0n) is 6.68. The van der Waals surface area contributed by atoms with Gasteiger partial charge in [0, 0.05) is 12.4 Å². The van der Waals surface area contributed by atoms with Gasteiger partial charge in [-0.2, -0.15) is 0 Å². The highest BCUT2D eigenvalue weighted by molar-refractivity contribution is 9.10. The van der Waals surface area contributed by atoms with Crippen LogP contribution in [-0.2, 0) is 0 Å². The molecular weight excluding hydrogens is 232 g/mol. The van der Waals surface area contributed by atoms with Gasteiger partial charge in [0.15, 0.2) is 5.82 Å². The van der Waals surface area contributed by atoms with Gasteiger partial charge in [0.1, 0.15) is 0 Å². The van der Waals surface area contributed by atoms with E-state index in [1.165, 1.54) is 0 Å². The van der Waals surface area contributed by atoms with Gasteiger partial charge in [-0.1, -0.05) is 0 Å². The van der Waals surface area contributed by atoms with E-state index < -0.39 is 0 Å². The van der Waals surface area contributed by atoms with Crippen LogP contribution in [-0.4, -0.2) is 14.8 Å². The standard InChI is InChI=1S/C8H7BrN4/c9-7-5-13(12-8(7)10)6-2-1-3-11-4-6/h1-5H,(H2,10,12). The number of anilines is 1. The van der Waals surface area contributed by atoms with Crippen LogP contribution in [0.1, 0.15) is 0 Å². The van der Waals surface area contributed by atoms with Gasteiger partial charge in [0.25, 0.3) is 0 Å². The molecule has 2 N–H and O–H groups in total. The Morgan fingerprint density at radius 1 is 1.46 bits per heavy atom. The van der Waals surface area contributed by atoms with Crippen molar-refractivity contribution in [3.63, 3.8) is 0 Å². The monoisotopic (exact) mass is 238 g/mol. The van der Waals surface area contributed by atoms with Crippen LogP contribution < -0.4 is 5.73 Å². The molecule has 0 atom stereocenters. The third-order valence-electron chi connectivity index (χ3n) is 1.61. The molecule has 0 saturated carbocycles. The van der Waals surface area contributed by atoms with Crippen LogP contribution in [0.3, 0.4) is 0 Å². The first-order valence-electron chi connectivity index (χ1n) is 3.68. The molecule has 0 unspecified atom stereocenters. The second-order valence-electron chi connectivity index (χ2n) is 2.52. The van der Waals surface area contributed by atoms with Crippen LogP contribution in [0.5, 0.6) is 0 Å². The van der Waals surface area contributed by atoms with Crippen molar-refractivity contribution in [3.8, 4) is 5.69 Å². The molecule has 0 radical (unpaired) electrons. The fourth-order valence-electron chi connectivity index (χ4n) is 0.988. The Morgan fingerprint density at radius 3 is 2.85 bits per heavy atom. The van der Waals surface area contributed by atoms with E-state index in [1.807, 2.05) is 12.1 Å². The molecule has 2 aromatic heterocycles. The molecule has 5 heteroatoms. The van der Waals surface area contributed by atoms with Gasteiger partial charge in [-0.25, -0.2) is 4.68 Å². The largest absolute Gasteiger partial charge is 0.381 e. The van der Waals surface area contributed by atoms with Crippen molar-refractivity contribution in [1.82, 2.24) is 14.8 Å². The highest BCUT2D eigenvalue weighted by atomic mass is 79.9. The molecule has 0 saturated heterocycles. The van der Waals surface area contributed by atoms with Gasteiger partial charge in [-0.3, -0.25) is 4.98 Å². The molecule has 13 heavy (non-hydrogen) atoms. The molecule has 0 aliphatic heterocycles. The van der Waals surface area contributed by atoms with E-state index in [1.54, 1.807) is 23.3 Å². The van der Waals surface area contributed by atoms with Gasteiger partial charge in [-0.05, 0) is 28.1 Å². The Balaban J connectivity index is 2.48. The Morgan fingerprint density at radius 2 is 2.31 bits per heavy atom. The lowest BCUT2D eigenvalue weighted by atomic mass is 10.4. The van der Waals surface area contributed by atoms with Gasteiger partial charge in [0.05, 0.1) is 16.4 Å². The summed E-state index contributed by atoms with van der Waals surface area (Å²) in [7, 11) is 0. The van der Waals surface area contributed by atoms with Crippen LogP contribution in [0.4, 0.5) is 5.82 Å². The summed E-state index contributed by atoms with van der Waals surface area (Å²) in [6.07, 6.45) is 5.23. The molecule has 4 nitrogen and oxygen atoms in total. The number of nitrogens with two attached hydrogens (primary N) is 1. The van der Waals surface area contributed by atoms with E-state index >= 15 is 0 Å². The van der Waals surface area contributed by atoms with E-state index in [2.05, 4.69) is 26.0 Å². The van der Waals surface area contributed by atoms with Gasteiger partial charge in [-0.15, -0.1) is 5.10 Å². The zero-order valence-corrected chi connectivity index (χ0v) is 8.27. The van der Waals surface area contributed by atoms with E-state index in [0.717, 1.165) is 10.2 Å². The summed E-state index contributed by atoms with van der Waals surface area (Å²) >= 11 is 3.28. The third kappa shape index (κ3) is 1.55. The van der Waals surface area contributed by atoms with E-state index in [-0.39, 0.29) is 0 Å². The van der Waals surface area contributed by atoms with Crippen molar-refractivity contribution in [3.05, 3.63) is 35.2 Å². The molecule has 0 amide bonds. The van der Waals surface area contributed by atoms with E-state index in [0.29, 0.717) is 5.82 Å². The Hall–Kier alpha value is -1.36. The van der Waals surface area contributed by atoms with Gasteiger partial charge in [0.2, 0.25) is 0 Å². The molecule has 0 aliphatic carbocycles. The number of nitrogen functional groups attached to an aromatic ring is 1. The summed E-state index contributed by atoms with van der Waals surface area (Å²) in [6, 6.07) is 3.76. The predicted octanol–water partition coefficient (Wildman–Crippen LogP) is 1.61. The number of hydrogen-bond donors (Lipinski definition) is 1. The molecule has 0 fully saturated rings. The van der Waals surface area contributed by atoms with Crippen molar-refractivity contribution >= 4 is 21.7 Å². The van der Waals surface area contributed by atoms with E-state index in [4.69, 9.17) is 5.73 Å². The normalized spacial score (nSPS) is 10.2. The van der Waals surface area contributed by atoms with Crippen LogP contribution in [0, 0.1) is 0 Å². The minimum Gasteiger partial charge on any atom is -0.381 e. The average Bonchev–Trinajstić information content (AvgIpc) is 2.49. The number of aromatic nitrogens is 3. The maximum absolute atomic E-state index is 5.58.